The third kappa shape index (κ3) is 5.49. The lowest BCUT2D eigenvalue weighted by molar-refractivity contribution is -0.141. The number of aromatic amines is 1. The van der Waals surface area contributed by atoms with E-state index in [1.165, 1.54) is 19.2 Å². The molecule has 1 N–H and O–H groups in total. The molecular formula is C26H20F5N5O3S. The largest absolute Gasteiger partial charge is 0.439 e. The Kier molecular flexibility index (Phi) is 7.23. The highest BCUT2D eigenvalue weighted by Gasteiger charge is 2.33. The van der Waals surface area contributed by atoms with E-state index < -0.39 is 42.7 Å². The molecule has 0 bridgehead atoms. The van der Waals surface area contributed by atoms with Gasteiger partial charge in [0.1, 0.15) is 23.4 Å². The molecule has 1 unspecified atom stereocenters. The van der Waals surface area contributed by atoms with Crippen molar-refractivity contribution < 1.29 is 31.2 Å². The number of benzene rings is 1. The number of thiazole rings is 1. The van der Waals surface area contributed by atoms with Gasteiger partial charge in [0, 0.05) is 40.9 Å². The van der Waals surface area contributed by atoms with Gasteiger partial charge in [-0.15, -0.1) is 11.3 Å². The number of nitrogens with one attached hydrogen (secondary N) is 1. The number of aromatic nitrogens is 5. The highest BCUT2D eigenvalue weighted by molar-refractivity contribution is 7.15. The Morgan fingerprint density at radius 2 is 1.90 bits per heavy atom. The number of alkyl halides is 5. The van der Waals surface area contributed by atoms with E-state index in [4.69, 9.17) is 4.74 Å². The van der Waals surface area contributed by atoms with E-state index in [2.05, 4.69) is 29.6 Å². The van der Waals surface area contributed by atoms with E-state index in [1.54, 1.807) is 31.2 Å². The summed E-state index contributed by atoms with van der Waals surface area (Å²) in [6, 6.07) is 8.77. The zero-order chi connectivity index (χ0) is 28.7. The number of hydrogen-bond acceptors (Lipinski definition) is 8. The van der Waals surface area contributed by atoms with Crippen molar-refractivity contribution in [3.63, 3.8) is 0 Å². The van der Waals surface area contributed by atoms with Crippen molar-refractivity contribution in [3.8, 4) is 22.0 Å². The number of pyridine rings is 2. The third-order valence-electron chi connectivity index (χ3n) is 6.13. The number of H-pyrrole nitrogens is 1. The van der Waals surface area contributed by atoms with Gasteiger partial charge >= 0.3 is 11.9 Å². The lowest BCUT2D eigenvalue weighted by Crippen LogP contribution is -2.24. The number of fused-ring (bicyclic) bond motifs is 1. The lowest BCUT2D eigenvalue weighted by atomic mass is 9.98. The van der Waals surface area contributed by atoms with Gasteiger partial charge in [-0.2, -0.15) is 13.2 Å². The van der Waals surface area contributed by atoms with Crippen LogP contribution in [0.5, 0.6) is 0 Å². The van der Waals surface area contributed by atoms with Crippen molar-refractivity contribution in [2.75, 3.05) is 6.61 Å². The number of nitrogens with zero attached hydrogens (tertiary/aromatic N) is 4. The molecule has 1 aromatic carbocycles. The Balaban J connectivity index is 1.62. The van der Waals surface area contributed by atoms with Crippen LogP contribution < -0.4 is 5.76 Å². The zero-order valence-corrected chi connectivity index (χ0v) is 21.7. The SMILES string of the molecule is CCC(F)(F)COC(c1sc(-c2ccc(C(F)(F)F)nc2)nc1C)c1ccc(-c2noc(=O)[nH]2)c2cccnc12. The molecule has 1 atom stereocenters. The standard InChI is InChI=1S/C26H20F5N5O3S/c1-3-25(27,28)12-38-20(21-13(2)34-23(40-21)14-6-9-18(33-11-14)26(29,30)31)17-8-7-16(22-35-24(37)39-36-22)15-5-4-10-32-19(15)17/h4-11,20H,3,12H2,1-2H3,(H,35,36,37). The average molecular weight is 578 g/mol. The van der Waals surface area contributed by atoms with Crippen LogP contribution in [0.15, 0.2) is 58.1 Å². The molecule has 0 fully saturated rings. The highest BCUT2D eigenvalue weighted by Crippen LogP contribution is 2.41. The van der Waals surface area contributed by atoms with Crippen LogP contribution in [-0.2, 0) is 10.9 Å². The molecule has 8 nitrogen and oxygen atoms in total. The maximum atomic E-state index is 14.3. The third-order valence-corrected chi connectivity index (χ3v) is 7.38. The van der Waals surface area contributed by atoms with Crippen LogP contribution in [0.2, 0.25) is 0 Å². The first-order chi connectivity index (χ1) is 19.0. The van der Waals surface area contributed by atoms with Gasteiger partial charge in [-0.25, -0.2) is 18.6 Å². The first kappa shape index (κ1) is 27.5. The summed E-state index contributed by atoms with van der Waals surface area (Å²) >= 11 is 1.09. The van der Waals surface area contributed by atoms with Gasteiger partial charge in [0.25, 0.3) is 5.92 Å². The van der Waals surface area contributed by atoms with Crippen LogP contribution in [0.25, 0.3) is 32.9 Å². The van der Waals surface area contributed by atoms with E-state index in [9.17, 15) is 26.7 Å². The number of ether oxygens (including phenoxy) is 1. The van der Waals surface area contributed by atoms with Gasteiger partial charge in [0.15, 0.2) is 5.82 Å². The van der Waals surface area contributed by atoms with Gasteiger partial charge in [0.05, 0.1) is 16.1 Å². The minimum atomic E-state index is -4.59. The molecule has 5 aromatic rings. The first-order valence-corrected chi connectivity index (χ1v) is 12.7. The smallest absolute Gasteiger partial charge is 0.362 e. The van der Waals surface area contributed by atoms with Crippen molar-refractivity contribution in [2.45, 2.75) is 38.5 Å². The highest BCUT2D eigenvalue weighted by atomic mass is 32.1. The van der Waals surface area contributed by atoms with Crippen LogP contribution in [0, 0.1) is 6.92 Å². The number of hydrogen-bond donors (Lipinski definition) is 1. The molecule has 0 saturated carbocycles. The fraction of sp³-hybridized carbons (Fsp3) is 0.269. The minimum Gasteiger partial charge on any atom is -0.362 e. The maximum Gasteiger partial charge on any atom is 0.439 e. The van der Waals surface area contributed by atoms with Crippen molar-refractivity contribution in [1.82, 2.24) is 25.1 Å². The van der Waals surface area contributed by atoms with Gasteiger partial charge in [-0.1, -0.05) is 24.2 Å². The Morgan fingerprint density at radius 3 is 2.55 bits per heavy atom. The Hall–Kier alpha value is -4.04. The number of rotatable bonds is 8. The van der Waals surface area contributed by atoms with E-state index in [0.29, 0.717) is 43.2 Å². The molecule has 0 aliphatic rings. The Labute approximate surface area is 226 Å². The molecule has 0 spiro atoms. The minimum absolute atomic E-state index is 0.163. The summed E-state index contributed by atoms with van der Waals surface area (Å²) in [5, 5.41) is 4.63. The quantitative estimate of drug-likeness (QED) is 0.208. The molecule has 4 heterocycles. The van der Waals surface area contributed by atoms with Crippen LogP contribution in [0.3, 0.4) is 0 Å². The van der Waals surface area contributed by atoms with E-state index >= 15 is 0 Å². The molecule has 0 aliphatic carbocycles. The van der Waals surface area contributed by atoms with Crippen molar-refractivity contribution in [2.24, 2.45) is 0 Å². The lowest BCUT2D eigenvalue weighted by Gasteiger charge is -2.23. The second kappa shape index (κ2) is 10.5. The molecule has 0 radical (unpaired) electrons. The van der Waals surface area contributed by atoms with Gasteiger partial charge in [0.2, 0.25) is 0 Å². The summed E-state index contributed by atoms with van der Waals surface area (Å²) in [4.78, 5) is 26.9. The van der Waals surface area contributed by atoms with Crippen molar-refractivity contribution in [3.05, 3.63) is 81.2 Å². The van der Waals surface area contributed by atoms with Crippen LogP contribution in [0.4, 0.5) is 22.0 Å². The molecule has 0 aliphatic heterocycles. The van der Waals surface area contributed by atoms with Crippen LogP contribution in [0.1, 0.15) is 41.3 Å². The predicted molar refractivity (Wildman–Crippen MR) is 136 cm³/mol. The molecule has 0 saturated heterocycles. The molecule has 0 amide bonds. The normalized spacial score (nSPS) is 13.2. The summed E-state index contributed by atoms with van der Waals surface area (Å²) in [5.74, 6) is -3.69. The maximum absolute atomic E-state index is 14.3. The molecule has 14 heteroatoms. The summed E-state index contributed by atoms with van der Waals surface area (Å²) in [6.07, 6.45) is -3.49. The molecule has 208 valence electrons. The van der Waals surface area contributed by atoms with Gasteiger partial charge in [-0.05, 0) is 31.2 Å². The van der Waals surface area contributed by atoms with Crippen molar-refractivity contribution in [1.29, 1.82) is 0 Å². The molecule has 4 aromatic heterocycles. The molecule has 5 rings (SSSR count). The fourth-order valence-electron chi connectivity index (χ4n) is 4.04. The van der Waals surface area contributed by atoms with Crippen molar-refractivity contribution >= 4 is 22.2 Å². The molecule has 40 heavy (non-hydrogen) atoms. The summed E-state index contributed by atoms with van der Waals surface area (Å²) in [7, 11) is 0. The van der Waals surface area contributed by atoms with Crippen LogP contribution in [-0.4, -0.2) is 37.6 Å². The van der Waals surface area contributed by atoms with Gasteiger partial charge < -0.3 is 4.74 Å². The Morgan fingerprint density at radius 1 is 1.10 bits per heavy atom. The fourth-order valence-corrected chi connectivity index (χ4v) is 5.16. The summed E-state index contributed by atoms with van der Waals surface area (Å²) in [5.41, 5.74) is 1.07. The number of aryl methyl sites for hydroxylation is 1. The monoisotopic (exact) mass is 577 g/mol. The molecular weight excluding hydrogens is 557 g/mol. The predicted octanol–water partition coefficient (Wildman–Crippen LogP) is 6.58. The number of halogens is 5. The first-order valence-electron chi connectivity index (χ1n) is 11.9. The second-order valence-corrected chi connectivity index (χ2v) is 9.88. The van der Waals surface area contributed by atoms with Gasteiger partial charge in [-0.3, -0.25) is 19.5 Å². The second-order valence-electron chi connectivity index (χ2n) is 8.84. The van der Waals surface area contributed by atoms with E-state index in [1.807, 2.05) is 0 Å². The van der Waals surface area contributed by atoms with E-state index in [0.717, 1.165) is 23.6 Å². The summed E-state index contributed by atoms with van der Waals surface area (Å²) < 4.78 is 78.1. The Bertz CT molecular complexity index is 1710. The topological polar surface area (TPSA) is 107 Å². The average Bonchev–Trinajstić information content (AvgIpc) is 3.54. The zero-order valence-electron chi connectivity index (χ0n) is 20.9. The van der Waals surface area contributed by atoms with E-state index in [-0.39, 0.29) is 5.82 Å². The van der Waals surface area contributed by atoms with Crippen LogP contribution >= 0.6 is 11.3 Å². The summed E-state index contributed by atoms with van der Waals surface area (Å²) in [6.45, 7) is 2.11.